The Kier molecular flexibility index (Phi) is 6.02. The predicted molar refractivity (Wildman–Crippen MR) is 81.8 cm³/mol. The van der Waals surface area contributed by atoms with Gasteiger partial charge >= 0.3 is 0 Å². The first-order chi connectivity index (χ1) is 9.84. The van der Waals surface area contributed by atoms with Crippen LogP contribution >= 0.6 is 12.4 Å². The van der Waals surface area contributed by atoms with Crippen molar-refractivity contribution in [1.29, 1.82) is 0 Å². The van der Waals surface area contributed by atoms with E-state index in [2.05, 4.69) is 20.8 Å². The Morgan fingerprint density at radius 2 is 2.19 bits per heavy atom. The van der Waals surface area contributed by atoms with E-state index in [1.165, 1.54) is 12.8 Å². The molecule has 0 radical (unpaired) electrons. The zero-order valence-corrected chi connectivity index (χ0v) is 12.9. The molecule has 21 heavy (non-hydrogen) atoms. The Hall–Kier alpha value is -1.11. The van der Waals surface area contributed by atoms with Crippen molar-refractivity contribution < 1.29 is 9.53 Å². The molecule has 1 saturated carbocycles. The Bertz CT molecular complexity index is 472. The number of hydrogen-bond acceptors (Lipinski definition) is 4. The summed E-state index contributed by atoms with van der Waals surface area (Å²) >= 11 is 0. The number of aromatic amines is 1. The number of ether oxygens (including phenoxy) is 1. The molecule has 1 aromatic rings. The van der Waals surface area contributed by atoms with Crippen LogP contribution in [0.5, 0.6) is 0 Å². The standard InChI is InChI=1S/C14H22N4O2.ClH/c19-14(16-7-8-20-10-3-1-2-4-10)13-11-9-15-6-5-12(11)17-18-13;/h10,15H,1-9H2,(H,16,19)(H,17,18);1H. The number of hydrogen-bond donors (Lipinski definition) is 3. The van der Waals surface area contributed by atoms with Crippen LogP contribution in [0.2, 0.25) is 0 Å². The first-order valence-electron chi connectivity index (χ1n) is 7.51. The van der Waals surface area contributed by atoms with Crippen molar-refractivity contribution in [3.63, 3.8) is 0 Å². The lowest BCUT2D eigenvalue weighted by Crippen LogP contribution is -2.31. The van der Waals surface area contributed by atoms with E-state index in [4.69, 9.17) is 4.74 Å². The third-order valence-corrected chi connectivity index (χ3v) is 4.06. The van der Waals surface area contributed by atoms with E-state index in [1.54, 1.807) is 0 Å². The van der Waals surface area contributed by atoms with Gasteiger partial charge in [0, 0.05) is 37.3 Å². The van der Waals surface area contributed by atoms with Crippen LogP contribution in [0.1, 0.15) is 47.4 Å². The molecule has 1 aliphatic heterocycles. The van der Waals surface area contributed by atoms with Crippen LogP contribution in [0.15, 0.2) is 0 Å². The number of fused-ring (bicyclic) bond motifs is 1. The van der Waals surface area contributed by atoms with Gasteiger partial charge in [0.15, 0.2) is 5.69 Å². The molecule has 2 aliphatic rings. The maximum Gasteiger partial charge on any atom is 0.272 e. The van der Waals surface area contributed by atoms with Crippen molar-refractivity contribution in [2.75, 3.05) is 19.7 Å². The molecule has 1 aliphatic carbocycles. The first-order valence-corrected chi connectivity index (χ1v) is 7.51. The van der Waals surface area contributed by atoms with Gasteiger partial charge in [0.2, 0.25) is 0 Å². The third-order valence-electron chi connectivity index (χ3n) is 4.06. The quantitative estimate of drug-likeness (QED) is 0.713. The zero-order valence-electron chi connectivity index (χ0n) is 12.1. The Labute approximate surface area is 130 Å². The lowest BCUT2D eigenvalue weighted by molar-refractivity contribution is 0.0581. The smallest absolute Gasteiger partial charge is 0.272 e. The van der Waals surface area contributed by atoms with Crippen LogP contribution in [0.4, 0.5) is 0 Å². The molecule has 0 aromatic carbocycles. The second kappa shape index (κ2) is 7.77. The Morgan fingerprint density at radius 1 is 1.38 bits per heavy atom. The van der Waals surface area contributed by atoms with Crippen molar-refractivity contribution >= 4 is 18.3 Å². The molecule has 3 rings (SSSR count). The van der Waals surface area contributed by atoms with Crippen molar-refractivity contribution in [2.24, 2.45) is 0 Å². The molecule has 0 unspecified atom stereocenters. The van der Waals surface area contributed by atoms with E-state index in [-0.39, 0.29) is 18.3 Å². The number of nitrogens with zero attached hydrogens (tertiary/aromatic N) is 1. The highest BCUT2D eigenvalue weighted by Crippen LogP contribution is 2.20. The summed E-state index contributed by atoms with van der Waals surface area (Å²) in [6.07, 6.45) is 6.15. The lowest BCUT2D eigenvalue weighted by atomic mass is 10.1. The fourth-order valence-electron chi connectivity index (χ4n) is 2.94. The molecule has 1 amide bonds. The molecule has 0 spiro atoms. The van der Waals surface area contributed by atoms with Gasteiger partial charge < -0.3 is 15.4 Å². The molecular weight excluding hydrogens is 292 g/mol. The summed E-state index contributed by atoms with van der Waals surface area (Å²) in [7, 11) is 0. The van der Waals surface area contributed by atoms with E-state index in [0.717, 1.165) is 37.1 Å². The maximum absolute atomic E-state index is 12.1. The molecule has 2 heterocycles. The van der Waals surface area contributed by atoms with Gasteiger partial charge in [-0.15, -0.1) is 12.4 Å². The summed E-state index contributed by atoms with van der Waals surface area (Å²) in [5.74, 6) is -0.110. The molecule has 7 heteroatoms. The molecule has 1 fully saturated rings. The van der Waals surface area contributed by atoms with Gasteiger partial charge in [0.05, 0.1) is 12.7 Å². The first kappa shape index (κ1) is 16.3. The van der Waals surface area contributed by atoms with Gasteiger partial charge in [0.1, 0.15) is 0 Å². The number of halogens is 1. The SMILES string of the molecule is Cl.O=C(NCCOC1CCCC1)c1n[nH]c2c1CNCC2. The van der Waals surface area contributed by atoms with Gasteiger partial charge in [-0.3, -0.25) is 9.89 Å². The van der Waals surface area contributed by atoms with Crippen LogP contribution < -0.4 is 10.6 Å². The second-order valence-electron chi connectivity index (χ2n) is 5.49. The molecule has 0 bridgehead atoms. The van der Waals surface area contributed by atoms with Crippen LogP contribution in [0, 0.1) is 0 Å². The molecule has 0 atom stereocenters. The summed E-state index contributed by atoms with van der Waals surface area (Å²) in [6.45, 7) is 2.78. The average Bonchev–Trinajstić information content (AvgIpc) is 3.12. The van der Waals surface area contributed by atoms with Crippen LogP contribution in [0.3, 0.4) is 0 Å². The molecule has 118 valence electrons. The summed E-state index contributed by atoms with van der Waals surface area (Å²) in [5.41, 5.74) is 2.61. The third kappa shape index (κ3) is 3.96. The van der Waals surface area contributed by atoms with Crippen molar-refractivity contribution in [2.45, 2.75) is 44.8 Å². The minimum atomic E-state index is -0.110. The Balaban J connectivity index is 0.00000161. The summed E-state index contributed by atoms with van der Waals surface area (Å²) in [5, 5.41) is 13.2. The summed E-state index contributed by atoms with van der Waals surface area (Å²) in [6, 6.07) is 0. The highest BCUT2D eigenvalue weighted by molar-refractivity contribution is 5.94. The van der Waals surface area contributed by atoms with Crippen LogP contribution in [-0.4, -0.2) is 41.9 Å². The van der Waals surface area contributed by atoms with E-state index < -0.39 is 0 Å². The van der Waals surface area contributed by atoms with E-state index >= 15 is 0 Å². The maximum atomic E-state index is 12.1. The van der Waals surface area contributed by atoms with Crippen LogP contribution in [0.25, 0.3) is 0 Å². The van der Waals surface area contributed by atoms with Gasteiger partial charge in [-0.2, -0.15) is 5.10 Å². The zero-order chi connectivity index (χ0) is 13.8. The number of rotatable bonds is 5. The second-order valence-corrected chi connectivity index (χ2v) is 5.49. The predicted octanol–water partition coefficient (Wildman–Crippen LogP) is 1.17. The summed E-state index contributed by atoms with van der Waals surface area (Å²) in [4.78, 5) is 12.1. The molecule has 0 saturated heterocycles. The topological polar surface area (TPSA) is 79.0 Å². The number of H-pyrrole nitrogens is 1. The molecule has 6 nitrogen and oxygen atoms in total. The minimum absolute atomic E-state index is 0. The van der Waals surface area contributed by atoms with Crippen LogP contribution in [-0.2, 0) is 17.7 Å². The fourth-order valence-corrected chi connectivity index (χ4v) is 2.94. The minimum Gasteiger partial charge on any atom is -0.376 e. The van der Waals surface area contributed by atoms with Crippen molar-refractivity contribution in [3.8, 4) is 0 Å². The van der Waals surface area contributed by atoms with Crippen molar-refractivity contribution in [3.05, 3.63) is 17.0 Å². The molecule has 3 N–H and O–H groups in total. The number of aromatic nitrogens is 2. The number of carbonyl (C=O) groups is 1. The number of carbonyl (C=O) groups excluding carboxylic acids is 1. The van der Waals surface area contributed by atoms with Crippen molar-refractivity contribution in [1.82, 2.24) is 20.8 Å². The molecular formula is C14H23ClN4O2. The molecule has 1 aromatic heterocycles. The Morgan fingerprint density at radius 3 is 3.00 bits per heavy atom. The highest BCUT2D eigenvalue weighted by atomic mass is 35.5. The lowest BCUT2D eigenvalue weighted by Gasteiger charge is -2.13. The monoisotopic (exact) mass is 314 g/mol. The van der Waals surface area contributed by atoms with Gasteiger partial charge in [-0.25, -0.2) is 0 Å². The largest absolute Gasteiger partial charge is 0.376 e. The number of nitrogens with one attached hydrogen (secondary N) is 3. The van der Waals surface area contributed by atoms with E-state index in [0.29, 0.717) is 31.5 Å². The fraction of sp³-hybridized carbons (Fsp3) is 0.714. The summed E-state index contributed by atoms with van der Waals surface area (Å²) < 4.78 is 5.73. The number of amides is 1. The van der Waals surface area contributed by atoms with Gasteiger partial charge in [-0.1, -0.05) is 12.8 Å². The van der Waals surface area contributed by atoms with Gasteiger partial charge in [-0.05, 0) is 12.8 Å². The normalized spacial score (nSPS) is 18.1. The van der Waals surface area contributed by atoms with E-state index in [9.17, 15) is 4.79 Å². The highest BCUT2D eigenvalue weighted by Gasteiger charge is 2.21. The average molecular weight is 315 g/mol. The van der Waals surface area contributed by atoms with Gasteiger partial charge in [0.25, 0.3) is 5.91 Å². The van der Waals surface area contributed by atoms with E-state index in [1.807, 2.05) is 0 Å².